The monoisotopic (exact) mass is 214 g/mol. The predicted octanol–water partition coefficient (Wildman–Crippen LogP) is 1.85. The number of rotatable bonds is 2. The second-order valence-corrected chi connectivity index (χ2v) is 3.61. The highest BCUT2D eigenvalue weighted by atomic mass is 16.5. The zero-order valence-corrected chi connectivity index (χ0v) is 8.77. The fraction of sp³-hybridized carbons (Fsp3) is 0.182. The predicted molar refractivity (Wildman–Crippen MR) is 57.9 cm³/mol. The lowest BCUT2D eigenvalue weighted by Gasteiger charge is -1.87. The maximum Gasteiger partial charge on any atom is 0.223 e. The second kappa shape index (κ2) is 3.44. The van der Waals surface area contributed by atoms with Gasteiger partial charge in [0.15, 0.2) is 5.82 Å². The summed E-state index contributed by atoms with van der Waals surface area (Å²) in [5, 5.41) is 3.84. The van der Waals surface area contributed by atoms with Crippen molar-refractivity contribution in [2.24, 2.45) is 0 Å². The minimum Gasteiger partial charge on any atom is -0.342 e. The van der Waals surface area contributed by atoms with E-state index < -0.39 is 0 Å². The van der Waals surface area contributed by atoms with E-state index in [2.05, 4.69) is 20.1 Å². The highest BCUT2D eigenvalue weighted by Gasteiger charge is 2.07. The summed E-state index contributed by atoms with van der Waals surface area (Å²) >= 11 is 0. The average molecular weight is 214 g/mol. The molecule has 0 aliphatic carbocycles. The first-order valence-corrected chi connectivity index (χ1v) is 5.04. The standard InChI is InChI=1S/C11H10N4O/c1-7-12-11(15-16-7)6-10-13-8-4-2-3-5-9(8)14-10/h2-5H,6H2,1H3,(H,13,14). The Labute approximate surface area is 91.5 Å². The summed E-state index contributed by atoms with van der Waals surface area (Å²) in [4.78, 5) is 11.8. The van der Waals surface area contributed by atoms with E-state index in [0.717, 1.165) is 16.9 Å². The smallest absolute Gasteiger partial charge is 0.223 e. The van der Waals surface area contributed by atoms with Gasteiger partial charge in [-0.1, -0.05) is 17.3 Å². The van der Waals surface area contributed by atoms with Crippen molar-refractivity contribution in [3.05, 3.63) is 41.8 Å². The molecule has 0 atom stereocenters. The molecule has 0 bridgehead atoms. The quantitative estimate of drug-likeness (QED) is 0.706. The lowest BCUT2D eigenvalue weighted by Crippen LogP contribution is -1.92. The summed E-state index contributed by atoms with van der Waals surface area (Å²) in [6.07, 6.45) is 0.562. The molecule has 5 nitrogen and oxygen atoms in total. The maximum absolute atomic E-state index is 4.91. The van der Waals surface area contributed by atoms with Crippen molar-refractivity contribution in [1.29, 1.82) is 0 Å². The van der Waals surface area contributed by atoms with Gasteiger partial charge in [-0.3, -0.25) is 0 Å². The molecular weight excluding hydrogens is 204 g/mol. The second-order valence-electron chi connectivity index (χ2n) is 3.61. The van der Waals surface area contributed by atoms with Crippen LogP contribution in [-0.4, -0.2) is 20.1 Å². The molecular formula is C11H10N4O. The van der Waals surface area contributed by atoms with Crippen molar-refractivity contribution in [2.75, 3.05) is 0 Å². The number of nitrogens with zero attached hydrogens (tertiary/aromatic N) is 3. The van der Waals surface area contributed by atoms with E-state index in [4.69, 9.17) is 4.52 Å². The minimum absolute atomic E-state index is 0.562. The van der Waals surface area contributed by atoms with Crippen LogP contribution in [0.2, 0.25) is 0 Å². The first-order chi connectivity index (χ1) is 7.81. The van der Waals surface area contributed by atoms with Gasteiger partial charge in [-0.15, -0.1) is 0 Å². The first kappa shape index (κ1) is 9.08. The molecule has 0 spiro atoms. The Morgan fingerprint density at radius 1 is 1.25 bits per heavy atom. The fourth-order valence-corrected chi connectivity index (χ4v) is 1.65. The van der Waals surface area contributed by atoms with Crippen LogP contribution < -0.4 is 0 Å². The number of imidazole rings is 1. The van der Waals surface area contributed by atoms with Crippen molar-refractivity contribution in [2.45, 2.75) is 13.3 Å². The number of benzene rings is 1. The summed E-state index contributed by atoms with van der Waals surface area (Å²) in [5.74, 6) is 2.07. The molecule has 5 heteroatoms. The van der Waals surface area contributed by atoms with Crippen LogP contribution in [0.5, 0.6) is 0 Å². The van der Waals surface area contributed by atoms with Gasteiger partial charge >= 0.3 is 0 Å². The van der Waals surface area contributed by atoms with Gasteiger partial charge in [0.2, 0.25) is 5.89 Å². The molecule has 0 radical (unpaired) electrons. The van der Waals surface area contributed by atoms with E-state index in [9.17, 15) is 0 Å². The largest absolute Gasteiger partial charge is 0.342 e. The van der Waals surface area contributed by atoms with Gasteiger partial charge in [0.1, 0.15) is 5.82 Å². The van der Waals surface area contributed by atoms with E-state index in [1.165, 1.54) is 0 Å². The Morgan fingerprint density at radius 2 is 2.12 bits per heavy atom. The van der Waals surface area contributed by atoms with Gasteiger partial charge in [-0.2, -0.15) is 4.98 Å². The van der Waals surface area contributed by atoms with E-state index in [1.54, 1.807) is 6.92 Å². The lowest BCUT2D eigenvalue weighted by molar-refractivity contribution is 0.388. The topological polar surface area (TPSA) is 67.6 Å². The van der Waals surface area contributed by atoms with Gasteiger partial charge < -0.3 is 9.51 Å². The number of para-hydroxylation sites is 2. The number of aromatic amines is 1. The number of fused-ring (bicyclic) bond motifs is 1. The third-order valence-corrected chi connectivity index (χ3v) is 2.33. The van der Waals surface area contributed by atoms with Crippen LogP contribution in [0.25, 0.3) is 11.0 Å². The van der Waals surface area contributed by atoms with Crippen LogP contribution in [0.1, 0.15) is 17.5 Å². The number of aryl methyl sites for hydroxylation is 1. The molecule has 3 aromatic rings. The molecule has 2 heterocycles. The molecule has 0 saturated heterocycles. The van der Waals surface area contributed by atoms with Crippen LogP contribution in [0, 0.1) is 6.92 Å². The molecule has 2 aromatic heterocycles. The molecule has 1 N–H and O–H groups in total. The Bertz CT molecular complexity index is 592. The summed E-state index contributed by atoms with van der Waals surface area (Å²) < 4.78 is 4.91. The summed E-state index contributed by atoms with van der Waals surface area (Å²) in [6, 6.07) is 7.90. The van der Waals surface area contributed by atoms with Gasteiger partial charge in [-0.25, -0.2) is 4.98 Å². The summed E-state index contributed by atoms with van der Waals surface area (Å²) in [7, 11) is 0. The van der Waals surface area contributed by atoms with E-state index in [-0.39, 0.29) is 0 Å². The van der Waals surface area contributed by atoms with Crippen LogP contribution in [-0.2, 0) is 6.42 Å². The number of hydrogen-bond donors (Lipinski definition) is 1. The Kier molecular flexibility index (Phi) is 1.96. The zero-order chi connectivity index (χ0) is 11.0. The van der Waals surface area contributed by atoms with Crippen molar-refractivity contribution in [3.8, 4) is 0 Å². The highest BCUT2D eigenvalue weighted by molar-refractivity contribution is 5.74. The van der Waals surface area contributed by atoms with Gasteiger partial charge in [0.05, 0.1) is 17.5 Å². The minimum atomic E-state index is 0.562. The summed E-state index contributed by atoms with van der Waals surface area (Å²) in [6.45, 7) is 1.77. The molecule has 0 unspecified atom stereocenters. The molecule has 80 valence electrons. The zero-order valence-electron chi connectivity index (χ0n) is 8.77. The van der Waals surface area contributed by atoms with Crippen LogP contribution in [0.15, 0.2) is 28.8 Å². The third-order valence-electron chi connectivity index (χ3n) is 2.33. The molecule has 0 aliphatic heterocycles. The van der Waals surface area contributed by atoms with Crippen LogP contribution in [0.3, 0.4) is 0 Å². The molecule has 0 aliphatic rings. The van der Waals surface area contributed by atoms with Crippen LogP contribution >= 0.6 is 0 Å². The van der Waals surface area contributed by atoms with Gasteiger partial charge in [-0.05, 0) is 12.1 Å². The van der Waals surface area contributed by atoms with Crippen molar-refractivity contribution in [1.82, 2.24) is 20.1 Å². The van der Waals surface area contributed by atoms with Crippen molar-refractivity contribution >= 4 is 11.0 Å². The molecule has 1 aromatic carbocycles. The summed E-state index contributed by atoms with van der Waals surface area (Å²) in [5.41, 5.74) is 1.98. The van der Waals surface area contributed by atoms with E-state index in [0.29, 0.717) is 18.1 Å². The first-order valence-electron chi connectivity index (χ1n) is 5.04. The Hall–Kier alpha value is -2.17. The van der Waals surface area contributed by atoms with Gasteiger partial charge in [0, 0.05) is 6.92 Å². The molecule has 0 saturated carbocycles. The number of H-pyrrole nitrogens is 1. The van der Waals surface area contributed by atoms with Crippen molar-refractivity contribution < 1.29 is 4.52 Å². The maximum atomic E-state index is 4.91. The molecule has 0 amide bonds. The molecule has 3 rings (SSSR count). The number of nitrogens with one attached hydrogen (secondary N) is 1. The van der Waals surface area contributed by atoms with Crippen LogP contribution in [0.4, 0.5) is 0 Å². The van der Waals surface area contributed by atoms with Gasteiger partial charge in [0.25, 0.3) is 0 Å². The van der Waals surface area contributed by atoms with E-state index in [1.807, 2.05) is 24.3 Å². The highest BCUT2D eigenvalue weighted by Crippen LogP contribution is 2.12. The number of aromatic nitrogens is 4. The molecule has 16 heavy (non-hydrogen) atoms. The fourth-order valence-electron chi connectivity index (χ4n) is 1.65. The third kappa shape index (κ3) is 1.56. The SMILES string of the molecule is Cc1nc(Cc2nc3ccccc3[nH]2)no1. The molecule has 0 fully saturated rings. The average Bonchev–Trinajstić information content (AvgIpc) is 2.84. The van der Waals surface area contributed by atoms with Crippen molar-refractivity contribution in [3.63, 3.8) is 0 Å². The Morgan fingerprint density at radius 3 is 2.88 bits per heavy atom. The number of hydrogen-bond acceptors (Lipinski definition) is 4. The normalized spacial score (nSPS) is 11.1. The van der Waals surface area contributed by atoms with E-state index >= 15 is 0 Å². The lowest BCUT2D eigenvalue weighted by atomic mass is 10.3. The Balaban J connectivity index is 1.95.